The quantitative estimate of drug-likeness (QED) is 0.864. The smallest absolute Gasteiger partial charge is 0.409 e. The highest BCUT2D eigenvalue weighted by molar-refractivity contribution is 9.10. The largest absolute Gasteiger partial charge is 0.450 e. The molecule has 1 saturated heterocycles. The van der Waals surface area contributed by atoms with Gasteiger partial charge in [0.2, 0.25) is 5.91 Å². The number of hydrogen-bond donors (Lipinski definition) is 1. The summed E-state index contributed by atoms with van der Waals surface area (Å²) in [6, 6.07) is 4.63. The van der Waals surface area contributed by atoms with E-state index in [4.69, 9.17) is 4.74 Å². The molecule has 0 saturated carbocycles. The molecule has 0 unspecified atom stereocenters. The van der Waals surface area contributed by atoms with Crippen molar-refractivity contribution in [3.05, 3.63) is 34.1 Å². The van der Waals surface area contributed by atoms with Crippen molar-refractivity contribution in [3.63, 3.8) is 0 Å². The highest BCUT2D eigenvalue weighted by Gasteiger charge is 2.27. The first kappa shape index (κ1) is 17.7. The van der Waals surface area contributed by atoms with Crippen LogP contribution in [0.4, 0.5) is 9.18 Å². The van der Waals surface area contributed by atoms with Crippen molar-refractivity contribution < 1.29 is 18.7 Å². The van der Waals surface area contributed by atoms with Crippen LogP contribution >= 0.6 is 15.9 Å². The van der Waals surface area contributed by atoms with Crippen LogP contribution in [-0.2, 0) is 16.1 Å². The number of carbonyl (C=O) groups is 2. The molecule has 1 aliphatic rings. The Balaban J connectivity index is 1.81. The lowest BCUT2D eigenvalue weighted by atomic mass is 9.96. The van der Waals surface area contributed by atoms with Crippen LogP contribution < -0.4 is 5.32 Å². The van der Waals surface area contributed by atoms with Gasteiger partial charge in [-0.15, -0.1) is 0 Å². The normalized spacial score (nSPS) is 15.3. The molecule has 1 aromatic rings. The summed E-state index contributed by atoms with van der Waals surface area (Å²) in [5.74, 6) is -0.602. The van der Waals surface area contributed by atoms with Crippen molar-refractivity contribution in [1.29, 1.82) is 0 Å². The number of nitrogens with zero attached hydrogens (tertiary/aromatic N) is 1. The summed E-state index contributed by atoms with van der Waals surface area (Å²) >= 11 is 3.28. The topological polar surface area (TPSA) is 58.6 Å². The van der Waals surface area contributed by atoms with Crippen molar-refractivity contribution >= 4 is 27.9 Å². The van der Waals surface area contributed by atoms with Crippen LogP contribution in [0.25, 0.3) is 0 Å². The number of nitrogens with one attached hydrogen (secondary N) is 1. The fraction of sp³-hybridized carbons (Fsp3) is 0.500. The first-order chi connectivity index (χ1) is 11.0. The van der Waals surface area contributed by atoms with E-state index < -0.39 is 0 Å². The van der Waals surface area contributed by atoms with Crippen molar-refractivity contribution in [2.75, 3.05) is 19.7 Å². The predicted octanol–water partition coefficient (Wildman–Crippen LogP) is 3.07. The third-order valence-electron chi connectivity index (χ3n) is 3.85. The molecular formula is C16H20BrFN2O3. The molecule has 2 amide bonds. The Bertz CT molecular complexity index is 574. The van der Waals surface area contributed by atoms with E-state index in [0.29, 0.717) is 38.1 Å². The summed E-state index contributed by atoms with van der Waals surface area (Å²) in [5, 5.41) is 2.77. The Morgan fingerprint density at radius 2 is 2.09 bits per heavy atom. The standard InChI is InChI=1S/C16H20BrFN2O3/c1-2-23-16(22)20-7-5-11(6-8-20)15(21)19-10-12-9-13(17)3-4-14(12)18/h3-4,9,11H,2,5-8,10H2,1H3,(H,19,21). The maximum Gasteiger partial charge on any atom is 0.409 e. The second-order valence-corrected chi connectivity index (χ2v) is 6.33. The van der Waals surface area contributed by atoms with Gasteiger partial charge in [-0.2, -0.15) is 0 Å². The lowest BCUT2D eigenvalue weighted by Gasteiger charge is -2.30. The molecule has 1 heterocycles. The van der Waals surface area contributed by atoms with Crippen LogP contribution in [0.2, 0.25) is 0 Å². The monoisotopic (exact) mass is 386 g/mol. The number of likely N-dealkylation sites (tertiary alicyclic amines) is 1. The lowest BCUT2D eigenvalue weighted by molar-refractivity contribution is -0.126. The maximum atomic E-state index is 13.6. The molecule has 5 nitrogen and oxygen atoms in total. The highest BCUT2D eigenvalue weighted by Crippen LogP contribution is 2.19. The minimum absolute atomic E-state index is 0.104. The summed E-state index contributed by atoms with van der Waals surface area (Å²) in [6.45, 7) is 3.27. The average Bonchev–Trinajstić information content (AvgIpc) is 2.55. The molecule has 23 heavy (non-hydrogen) atoms. The van der Waals surface area contributed by atoms with Gasteiger partial charge in [-0.05, 0) is 38.0 Å². The molecule has 1 fully saturated rings. The Kier molecular flexibility index (Phi) is 6.38. The zero-order chi connectivity index (χ0) is 16.8. The minimum atomic E-state index is -0.342. The highest BCUT2D eigenvalue weighted by atomic mass is 79.9. The van der Waals surface area contributed by atoms with Crippen molar-refractivity contribution in [1.82, 2.24) is 10.2 Å². The molecule has 2 rings (SSSR count). The predicted molar refractivity (Wildman–Crippen MR) is 87.3 cm³/mol. The zero-order valence-electron chi connectivity index (χ0n) is 13.0. The van der Waals surface area contributed by atoms with E-state index in [1.54, 1.807) is 24.0 Å². The molecule has 0 spiro atoms. The SMILES string of the molecule is CCOC(=O)N1CCC(C(=O)NCc2cc(Br)ccc2F)CC1. The second kappa shape index (κ2) is 8.29. The Morgan fingerprint density at radius 3 is 2.74 bits per heavy atom. The Labute approximate surface area is 143 Å². The third kappa shape index (κ3) is 4.92. The van der Waals surface area contributed by atoms with Crippen molar-refractivity contribution in [2.24, 2.45) is 5.92 Å². The summed E-state index contributed by atoms with van der Waals surface area (Å²) in [5.41, 5.74) is 0.441. The van der Waals surface area contributed by atoms with Gasteiger partial charge in [0, 0.05) is 35.6 Å². The van der Waals surface area contributed by atoms with E-state index in [1.165, 1.54) is 6.07 Å². The summed E-state index contributed by atoms with van der Waals surface area (Å²) < 4.78 is 19.4. The number of benzene rings is 1. The van der Waals surface area contributed by atoms with Gasteiger partial charge >= 0.3 is 6.09 Å². The maximum absolute atomic E-state index is 13.6. The van der Waals surface area contributed by atoms with E-state index in [9.17, 15) is 14.0 Å². The summed E-state index contributed by atoms with van der Waals surface area (Å²) in [6.07, 6.45) is 0.847. The molecule has 1 aromatic carbocycles. The van der Waals surface area contributed by atoms with Gasteiger partial charge in [-0.3, -0.25) is 4.79 Å². The number of piperidine rings is 1. The fourth-order valence-electron chi connectivity index (χ4n) is 2.54. The molecule has 0 aliphatic carbocycles. The molecule has 0 radical (unpaired) electrons. The number of rotatable bonds is 4. The van der Waals surface area contributed by atoms with Crippen LogP contribution in [-0.4, -0.2) is 36.6 Å². The van der Waals surface area contributed by atoms with Crippen LogP contribution in [0, 0.1) is 11.7 Å². The van der Waals surface area contributed by atoms with Gasteiger partial charge in [0.05, 0.1) is 6.61 Å². The van der Waals surface area contributed by atoms with E-state index >= 15 is 0 Å². The Morgan fingerprint density at radius 1 is 1.39 bits per heavy atom. The molecule has 0 bridgehead atoms. The van der Waals surface area contributed by atoms with Gasteiger partial charge in [-0.25, -0.2) is 9.18 Å². The van der Waals surface area contributed by atoms with Crippen LogP contribution in [0.5, 0.6) is 0 Å². The van der Waals surface area contributed by atoms with E-state index in [2.05, 4.69) is 21.2 Å². The minimum Gasteiger partial charge on any atom is -0.450 e. The van der Waals surface area contributed by atoms with E-state index in [1.807, 2.05) is 0 Å². The number of ether oxygens (including phenoxy) is 1. The van der Waals surface area contributed by atoms with Gasteiger partial charge < -0.3 is 15.0 Å². The molecule has 1 N–H and O–H groups in total. The van der Waals surface area contributed by atoms with E-state index in [0.717, 1.165) is 4.47 Å². The van der Waals surface area contributed by atoms with Crippen LogP contribution in [0.1, 0.15) is 25.3 Å². The van der Waals surface area contributed by atoms with E-state index in [-0.39, 0.29) is 30.3 Å². The second-order valence-electron chi connectivity index (χ2n) is 5.41. The third-order valence-corrected chi connectivity index (χ3v) is 4.35. The molecule has 126 valence electrons. The van der Waals surface area contributed by atoms with Crippen LogP contribution in [0.3, 0.4) is 0 Å². The van der Waals surface area contributed by atoms with Gasteiger partial charge in [0.25, 0.3) is 0 Å². The molecular weight excluding hydrogens is 367 g/mol. The molecule has 0 atom stereocenters. The van der Waals surface area contributed by atoms with Gasteiger partial charge in [-0.1, -0.05) is 15.9 Å². The average molecular weight is 387 g/mol. The number of amides is 2. The first-order valence-corrected chi connectivity index (χ1v) is 8.44. The zero-order valence-corrected chi connectivity index (χ0v) is 14.6. The number of halogens is 2. The van der Waals surface area contributed by atoms with Gasteiger partial charge in [0.1, 0.15) is 5.82 Å². The molecule has 7 heteroatoms. The number of hydrogen-bond acceptors (Lipinski definition) is 3. The Hall–Kier alpha value is -1.63. The number of carbonyl (C=O) groups excluding carboxylic acids is 2. The fourth-order valence-corrected chi connectivity index (χ4v) is 2.95. The lowest BCUT2D eigenvalue weighted by Crippen LogP contribution is -2.43. The van der Waals surface area contributed by atoms with Crippen molar-refractivity contribution in [2.45, 2.75) is 26.3 Å². The van der Waals surface area contributed by atoms with Crippen molar-refractivity contribution in [3.8, 4) is 0 Å². The summed E-state index contributed by atoms with van der Waals surface area (Å²) in [4.78, 5) is 25.4. The molecule has 1 aliphatic heterocycles. The summed E-state index contributed by atoms with van der Waals surface area (Å²) in [7, 11) is 0. The molecule has 0 aromatic heterocycles. The van der Waals surface area contributed by atoms with Crippen LogP contribution in [0.15, 0.2) is 22.7 Å². The first-order valence-electron chi connectivity index (χ1n) is 7.64. The van der Waals surface area contributed by atoms with Gasteiger partial charge in [0.15, 0.2) is 0 Å².